The number of hydrogen-bond acceptors (Lipinski definition) is 2. The molecule has 0 aliphatic carbocycles. The molecule has 0 saturated carbocycles. The number of benzene rings is 1. The molecule has 3 rings (SSSR count). The van der Waals surface area contributed by atoms with Gasteiger partial charge in [0.25, 0.3) is 0 Å². The Morgan fingerprint density at radius 1 is 1.00 bits per heavy atom. The average molecular weight is 221 g/mol. The second-order valence-corrected chi connectivity index (χ2v) is 3.74. The molecular formula is C14H11N3. The van der Waals surface area contributed by atoms with Crippen LogP contribution in [0.3, 0.4) is 0 Å². The van der Waals surface area contributed by atoms with Gasteiger partial charge in [0.1, 0.15) is 0 Å². The van der Waals surface area contributed by atoms with Crippen molar-refractivity contribution in [3.05, 3.63) is 66.2 Å². The fourth-order valence-corrected chi connectivity index (χ4v) is 1.67. The minimum Gasteiger partial charge on any atom is -0.291 e. The highest BCUT2D eigenvalue weighted by Gasteiger charge is 1.97. The Labute approximate surface area is 99.1 Å². The molecule has 0 amide bonds. The van der Waals surface area contributed by atoms with Crippen LogP contribution in [0, 0.1) is 0 Å². The fraction of sp³-hybridized carbons (Fsp3) is 0. The van der Waals surface area contributed by atoms with E-state index in [4.69, 9.17) is 0 Å². The molecule has 0 fully saturated rings. The van der Waals surface area contributed by atoms with Crippen molar-refractivity contribution >= 4 is 17.9 Å². The first-order valence-corrected chi connectivity index (χ1v) is 5.45. The van der Waals surface area contributed by atoms with Crippen molar-refractivity contribution in [2.45, 2.75) is 0 Å². The molecule has 0 radical (unpaired) electrons. The van der Waals surface area contributed by atoms with Gasteiger partial charge >= 0.3 is 0 Å². The van der Waals surface area contributed by atoms with Crippen molar-refractivity contribution in [3.63, 3.8) is 0 Å². The third-order valence-corrected chi connectivity index (χ3v) is 2.50. The molecule has 3 heteroatoms. The van der Waals surface area contributed by atoms with Crippen LogP contribution in [0.4, 0.5) is 0 Å². The zero-order valence-corrected chi connectivity index (χ0v) is 9.19. The summed E-state index contributed by atoms with van der Waals surface area (Å²) in [5.74, 6) is 0.722. The Hall–Kier alpha value is -2.42. The van der Waals surface area contributed by atoms with Crippen molar-refractivity contribution in [2.24, 2.45) is 0 Å². The smallest absolute Gasteiger partial charge is 0.234 e. The van der Waals surface area contributed by atoms with Crippen molar-refractivity contribution in [2.75, 3.05) is 0 Å². The maximum atomic E-state index is 4.39. The van der Waals surface area contributed by atoms with E-state index in [1.807, 2.05) is 53.2 Å². The molecule has 0 aliphatic rings. The van der Waals surface area contributed by atoms with Crippen molar-refractivity contribution in [1.29, 1.82) is 0 Å². The number of hydrogen-bond donors (Lipinski definition) is 0. The predicted octanol–water partition coefficient (Wildman–Crippen LogP) is 2.90. The van der Waals surface area contributed by atoms with E-state index in [0.29, 0.717) is 0 Å². The van der Waals surface area contributed by atoms with Crippen LogP contribution in [-0.2, 0) is 0 Å². The van der Waals surface area contributed by atoms with E-state index in [1.54, 1.807) is 6.20 Å². The third-order valence-electron chi connectivity index (χ3n) is 2.50. The van der Waals surface area contributed by atoms with Crippen LogP contribution < -0.4 is 0 Å². The van der Waals surface area contributed by atoms with Gasteiger partial charge in [-0.25, -0.2) is 9.97 Å². The zero-order chi connectivity index (χ0) is 11.5. The van der Waals surface area contributed by atoms with Gasteiger partial charge in [0, 0.05) is 18.6 Å². The highest BCUT2D eigenvalue weighted by molar-refractivity contribution is 5.68. The van der Waals surface area contributed by atoms with E-state index in [1.165, 1.54) is 0 Å². The molecule has 82 valence electrons. The quantitative estimate of drug-likeness (QED) is 0.666. The molecule has 0 N–H and O–H groups in total. The molecule has 0 bridgehead atoms. The van der Waals surface area contributed by atoms with Gasteiger partial charge in [0.15, 0.2) is 0 Å². The maximum absolute atomic E-state index is 4.39. The largest absolute Gasteiger partial charge is 0.291 e. The van der Waals surface area contributed by atoms with Crippen LogP contribution in [0.2, 0.25) is 0 Å². The van der Waals surface area contributed by atoms with Crippen molar-refractivity contribution < 1.29 is 0 Å². The highest BCUT2D eigenvalue weighted by Crippen LogP contribution is 2.07. The van der Waals surface area contributed by atoms with Gasteiger partial charge in [-0.05, 0) is 17.7 Å². The maximum Gasteiger partial charge on any atom is 0.234 e. The minimum atomic E-state index is 0.722. The molecule has 1 aromatic carbocycles. The zero-order valence-electron chi connectivity index (χ0n) is 9.19. The van der Waals surface area contributed by atoms with Gasteiger partial charge in [0.05, 0.1) is 5.69 Å². The van der Waals surface area contributed by atoms with E-state index in [0.717, 1.165) is 17.0 Å². The molecular weight excluding hydrogens is 210 g/mol. The minimum absolute atomic E-state index is 0.722. The Kier molecular flexibility index (Phi) is 2.43. The first kappa shape index (κ1) is 9.78. The van der Waals surface area contributed by atoms with Gasteiger partial charge in [-0.1, -0.05) is 36.4 Å². The van der Waals surface area contributed by atoms with Crippen LogP contribution in [0.15, 0.2) is 55.0 Å². The Bertz CT molecular complexity index is 620. The lowest BCUT2D eigenvalue weighted by molar-refractivity contribution is 1.11. The lowest BCUT2D eigenvalue weighted by atomic mass is 10.2. The Morgan fingerprint density at radius 2 is 1.88 bits per heavy atom. The predicted molar refractivity (Wildman–Crippen MR) is 68.4 cm³/mol. The molecule has 2 aromatic heterocycles. The van der Waals surface area contributed by atoms with Crippen LogP contribution in [0.1, 0.15) is 11.3 Å². The van der Waals surface area contributed by atoms with Gasteiger partial charge in [-0.3, -0.25) is 4.40 Å². The van der Waals surface area contributed by atoms with E-state index in [-0.39, 0.29) is 0 Å². The summed E-state index contributed by atoms with van der Waals surface area (Å²) in [5.41, 5.74) is 2.07. The number of aromatic nitrogens is 3. The number of imidazole rings is 1. The molecule has 0 spiro atoms. The molecule has 17 heavy (non-hydrogen) atoms. The first-order chi connectivity index (χ1) is 8.42. The van der Waals surface area contributed by atoms with Gasteiger partial charge in [-0.2, -0.15) is 0 Å². The lowest BCUT2D eigenvalue weighted by Crippen LogP contribution is -1.82. The summed E-state index contributed by atoms with van der Waals surface area (Å²) < 4.78 is 1.91. The topological polar surface area (TPSA) is 30.2 Å². The highest BCUT2D eigenvalue weighted by atomic mass is 15.1. The van der Waals surface area contributed by atoms with Gasteiger partial charge < -0.3 is 0 Å². The van der Waals surface area contributed by atoms with E-state index >= 15 is 0 Å². The molecule has 2 heterocycles. The molecule has 3 aromatic rings. The van der Waals surface area contributed by atoms with E-state index in [9.17, 15) is 0 Å². The van der Waals surface area contributed by atoms with E-state index < -0.39 is 0 Å². The molecule has 0 unspecified atom stereocenters. The number of nitrogens with zero attached hydrogens (tertiary/aromatic N) is 3. The Morgan fingerprint density at radius 3 is 2.71 bits per heavy atom. The summed E-state index contributed by atoms with van der Waals surface area (Å²) in [6, 6.07) is 12.1. The summed E-state index contributed by atoms with van der Waals surface area (Å²) >= 11 is 0. The summed E-state index contributed by atoms with van der Waals surface area (Å²) in [4.78, 5) is 8.57. The van der Waals surface area contributed by atoms with Crippen LogP contribution in [0.5, 0.6) is 0 Å². The molecule has 0 aliphatic heterocycles. The van der Waals surface area contributed by atoms with Crippen LogP contribution in [-0.4, -0.2) is 14.4 Å². The SMILES string of the molecule is C(=C\c1cn2cccnc2n1)/c1ccccc1. The van der Waals surface area contributed by atoms with Gasteiger partial charge in [-0.15, -0.1) is 0 Å². The monoisotopic (exact) mass is 221 g/mol. The summed E-state index contributed by atoms with van der Waals surface area (Å²) in [5, 5.41) is 0. The molecule has 0 saturated heterocycles. The van der Waals surface area contributed by atoms with Crippen LogP contribution in [0.25, 0.3) is 17.9 Å². The summed E-state index contributed by atoms with van der Waals surface area (Å²) in [6.07, 6.45) is 9.68. The second-order valence-electron chi connectivity index (χ2n) is 3.74. The van der Waals surface area contributed by atoms with E-state index in [2.05, 4.69) is 22.1 Å². The normalized spacial score (nSPS) is 11.3. The van der Waals surface area contributed by atoms with Crippen molar-refractivity contribution in [3.8, 4) is 0 Å². The summed E-state index contributed by atoms with van der Waals surface area (Å²) in [6.45, 7) is 0. The Balaban J connectivity index is 1.92. The second kappa shape index (κ2) is 4.22. The van der Waals surface area contributed by atoms with Crippen LogP contribution >= 0.6 is 0 Å². The van der Waals surface area contributed by atoms with Gasteiger partial charge in [0.2, 0.25) is 5.78 Å². The van der Waals surface area contributed by atoms with Crippen molar-refractivity contribution in [1.82, 2.24) is 14.4 Å². The average Bonchev–Trinajstić information content (AvgIpc) is 2.80. The lowest BCUT2D eigenvalue weighted by Gasteiger charge is -1.89. The fourth-order valence-electron chi connectivity index (χ4n) is 1.67. The number of fused-ring (bicyclic) bond motifs is 1. The standard InChI is InChI=1S/C14H11N3/c1-2-5-12(6-3-1)7-8-13-11-17-10-4-9-15-14(17)16-13/h1-11H/b8-7+. The molecule has 0 atom stereocenters. The first-order valence-electron chi connectivity index (χ1n) is 5.45. The third kappa shape index (κ3) is 2.08. The summed E-state index contributed by atoms with van der Waals surface area (Å²) in [7, 11) is 0. The molecule has 3 nitrogen and oxygen atoms in total. The number of rotatable bonds is 2.